The van der Waals surface area contributed by atoms with Crippen LogP contribution >= 0.6 is 11.6 Å². The average molecular weight is 488 g/mol. The molecule has 0 bridgehead atoms. The third-order valence-corrected chi connectivity index (χ3v) is 6.77. The van der Waals surface area contributed by atoms with Crippen molar-refractivity contribution in [2.45, 2.75) is 38.8 Å². The Morgan fingerprint density at radius 1 is 0.971 bits per heavy atom. The van der Waals surface area contributed by atoms with E-state index in [0.29, 0.717) is 28.1 Å². The second-order valence-corrected chi connectivity index (χ2v) is 10.3. The largest absolute Gasteiger partial charge is 0.497 e. The first-order chi connectivity index (χ1) is 16.7. The van der Waals surface area contributed by atoms with Gasteiger partial charge in [-0.05, 0) is 52.4 Å². The van der Waals surface area contributed by atoms with Crippen LogP contribution in [0.15, 0.2) is 75.9 Å². The van der Waals surface area contributed by atoms with E-state index in [1.165, 1.54) is 5.56 Å². The standard InChI is InChI=1S/C29H26ClNO4/c1-29(2,3)19-9-7-18(8-10-19)25-24-26(32)22-15-20(30)11-14-23(22)35-27(24)28(33)31(25)16-17-5-12-21(34-4)13-6-17/h5-15,25H,16H2,1-4H3. The van der Waals surface area contributed by atoms with Crippen molar-refractivity contribution in [3.63, 3.8) is 0 Å². The zero-order valence-electron chi connectivity index (χ0n) is 20.1. The number of halogens is 1. The fourth-order valence-electron chi connectivity index (χ4n) is 4.60. The number of nitrogens with zero attached hydrogens (tertiary/aromatic N) is 1. The van der Waals surface area contributed by atoms with E-state index >= 15 is 0 Å². The maximum atomic E-state index is 13.7. The number of ether oxygens (including phenoxy) is 1. The van der Waals surface area contributed by atoms with Crippen molar-refractivity contribution in [2.24, 2.45) is 0 Å². The van der Waals surface area contributed by atoms with E-state index in [2.05, 4.69) is 32.9 Å². The molecule has 0 fully saturated rings. The minimum Gasteiger partial charge on any atom is -0.497 e. The molecule has 1 atom stereocenters. The maximum absolute atomic E-state index is 13.7. The summed E-state index contributed by atoms with van der Waals surface area (Å²) in [5.74, 6) is 0.511. The molecule has 0 saturated carbocycles. The van der Waals surface area contributed by atoms with Crippen LogP contribution in [-0.2, 0) is 12.0 Å². The molecular weight excluding hydrogens is 462 g/mol. The Bertz CT molecular complexity index is 1480. The van der Waals surface area contributed by atoms with E-state index in [-0.39, 0.29) is 22.5 Å². The zero-order chi connectivity index (χ0) is 24.9. The van der Waals surface area contributed by atoms with Gasteiger partial charge in [-0.15, -0.1) is 0 Å². The smallest absolute Gasteiger partial charge is 0.291 e. The molecule has 1 amide bonds. The average Bonchev–Trinajstić information content (AvgIpc) is 3.11. The van der Waals surface area contributed by atoms with Crippen molar-refractivity contribution >= 4 is 28.5 Å². The molecule has 1 aliphatic rings. The van der Waals surface area contributed by atoms with Crippen LogP contribution in [0.1, 0.15) is 59.6 Å². The fourth-order valence-corrected chi connectivity index (χ4v) is 4.77. The number of hydrogen-bond acceptors (Lipinski definition) is 4. The first kappa shape index (κ1) is 23.2. The molecule has 5 nitrogen and oxygen atoms in total. The van der Waals surface area contributed by atoms with E-state index in [9.17, 15) is 9.59 Å². The van der Waals surface area contributed by atoms with Gasteiger partial charge in [0.2, 0.25) is 5.76 Å². The van der Waals surface area contributed by atoms with Crippen LogP contribution in [0.5, 0.6) is 5.75 Å². The molecular formula is C29H26ClNO4. The van der Waals surface area contributed by atoms with Gasteiger partial charge in [-0.3, -0.25) is 9.59 Å². The quantitative estimate of drug-likeness (QED) is 0.330. The zero-order valence-corrected chi connectivity index (χ0v) is 20.8. The molecule has 0 spiro atoms. The number of fused-ring (bicyclic) bond motifs is 2. The summed E-state index contributed by atoms with van der Waals surface area (Å²) in [5.41, 5.74) is 3.39. The Morgan fingerprint density at radius 3 is 2.29 bits per heavy atom. The molecule has 1 aromatic heterocycles. The molecule has 1 unspecified atom stereocenters. The summed E-state index contributed by atoms with van der Waals surface area (Å²) in [6, 6.07) is 20.0. The van der Waals surface area contributed by atoms with Crippen LogP contribution in [0, 0.1) is 0 Å². The normalized spacial score (nSPS) is 15.5. The molecule has 0 aliphatic carbocycles. The summed E-state index contributed by atoms with van der Waals surface area (Å²) in [4.78, 5) is 29.0. The summed E-state index contributed by atoms with van der Waals surface area (Å²) in [6.45, 7) is 6.76. The SMILES string of the molecule is COc1ccc(CN2C(=O)c3oc4ccc(Cl)cc4c(=O)c3C2c2ccc(C(C)(C)C)cc2)cc1. The number of hydrogen-bond donors (Lipinski definition) is 0. The van der Waals surface area contributed by atoms with Gasteiger partial charge in [-0.25, -0.2) is 0 Å². The Balaban J connectivity index is 1.67. The third-order valence-electron chi connectivity index (χ3n) is 6.53. The van der Waals surface area contributed by atoms with Crippen LogP contribution in [0.2, 0.25) is 5.02 Å². The lowest BCUT2D eigenvalue weighted by Gasteiger charge is -2.26. The molecule has 35 heavy (non-hydrogen) atoms. The van der Waals surface area contributed by atoms with Gasteiger partial charge in [0.1, 0.15) is 11.3 Å². The van der Waals surface area contributed by atoms with Crippen LogP contribution in [-0.4, -0.2) is 17.9 Å². The van der Waals surface area contributed by atoms with Crippen molar-refractivity contribution < 1.29 is 13.9 Å². The van der Waals surface area contributed by atoms with Crippen molar-refractivity contribution in [3.05, 3.63) is 110 Å². The highest BCUT2D eigenvalue weighted by Gasteiger charge is 2.42. The second-order valence-electron chi connectivity index (χ2n) is 9.87. The molecule has 178 valence electrons. The lowest BCUT2D eigenvalue weighted by Crippen LogP contribution is -2.29. The van der Waals surface area contributed by atoms with Gasteiger partial charge in [0.05, 0.1) is 24.1 Å². The van der Waals surface area contributed by atoms with Crippen molar-refractivity contribution in [2.75, 3.05) is 7.11 Å². The van der Waals surface area contributed by atoms with Crippen molar-refractivity contribution in [1.82, 2.24) is 4.90 Å². The number of benzene rings is 3. The lowest BCUT2D eigenvalue weighted by molar-refractivity contribution is 0.0714. The Morgan fingerprint density at radius 2 is 1.66 bits per heavy atom. The highest BCUT2D eigenvalue weighted by atomic mass is 35.5. The molecule has 0 radical (unpaired) electrons. The van der Waals surface area contributed by atoms with E-state index in [1.54, 1.807) is 30.2 Å². The van der Waals surface area contributed by atoms with Gasteiger partial charge in [0.15, 0.2) is 5.43 Å². The van der Waals surface area contributed by atoms with E-state index in [4.69, 9.17) is 20.8 Å². The molecule has 0 N–H and O–H groups in total. The minimum absolute atomic E-state index is 0.0172. The molecule has 2 heterocycles. The molecule has 4 aromatic rings. The summed E-state index contributed by atoms with van der Waals surface area (Å²) in [5, 5.41) is 0.807. The van der Waals surface area contributed by atoms with Crippen LogP contribution < -0.4 is 10.2 Å². The summed E-state index contributed by atoms with van der Waals surface area (Å²) < 4.78 is 11.3. The maximum Gasteiger partial charge on any atom is 0.291 e. The Kier molecular flexibility index (Phi) is 5.68. The highest BCUT2D eigenvalue weighted by Crippen LogP contribution is 2.40. The van der Waals surface area contributed by atoms with Crippen molar-refractivity contribution in [3.8, 4) is 5.75 Å². The van der Waals surface area contributed by atoms with E-state index < -0.39 is 6.04 Å². The molecule has 3 aromatic carbocycles. The highest BCUT2D eigenvalue weighted by molar-refractivity contribution is 6.31. The number of rotatable bonds is 4. The third kappa shape index (κ3) is 4.10. The van der Waals surface area contributed by atoms with E-state index in [1.807, 2.05) is 36.4 Å². The molecule has 6 heteroatoms. The Hall–Kier alpha value is -3.57. The second kappa shape index (κ2) is 8.58. The summed E-state index contributed by atoms with van der Waals surface area (Å²) in [7, 11) is 1.61. The first-order valence-corrected chi connectivity index (χ1v) is 11.9. The molecule has 5 rings (SSSR count). The predicted octanol–water partition coefficient (Wildman–Crippen LogP) is 6.50. The van der Waals surface area contributed by atoms with Crippen LogP contribution in [0.4, 0.5) is 0 Å². The van der Waals surface area contributed by atoms with E-state index in [0.717, 1.165) is 16.9 Å². The predicted molar refractivity (Wildman–Crippen MR) is 137 cm³/mol. The topological polar surface area (TPSA) is 59.8 Å². The minimum atomic E-state index is -0.576. The summed E-state index contributed by atoms with van der Waals surface area (Å²) >= 11 is 6.18. The van der Waals surface area contributed by atoms with Gasteiger partial charge in [-0.1, -0.05) is 68.8 Å². The van der Waals surface area contributed by atoms with Crippen molar-refractivity contribution in [1.29, 1.82) is 0 Å². The monoisotopic (exact) mass is 487 g/mol. The number of amides is 1. The van der Waals surface area contributed by atoms with Crippen LogP contribution in [0.25, 0.3) is 11.0 Å². The lowest BCUT2D eigenvalue weighted by atomic mass is 9.86. The fraction of sp³-hybridized carbons (Fsp3) is 0.241. The van der Waals surface area contributed by atoms with Gasteiger partial charge in [0, 0.05) is 11.6 Å². The Labute approximate surface area is 208 Å². The van der Waals surface area contributed by atoms with Crippen LogP contribution in [0.3, 0.4) is 0 Å². The molecule has 0 saturated heterocycles. The van der Waals surface area contributed by atoms with Gasteiger partial charge in [0.25, 0.3) is 5.91 Å². The summed E-state index contributed by atoms with van der Waals surface area (Å²) in [6.07, 6.45) is 0. The van der Waals surface area contributed by atoms with Gasteiger partial charge in [-0.2, -0.15) is 0 Å². The number of carbonyl (C=O) groups is 1. The molecule has 1 aliphatic heterocycles. The number of methoxy groups -OCH3 is 1. The van der Waals surface area contributed by atoms with Gasteiger partial charge < -0.3 is 14.1 Å². The number of carbonyl (C=O) groups excluding carboxylic acids is 1. The first-order valence-electron chi connectivity index (χ1n) is 11.5. The van der Waals surface area contributed by atoms with Gasteiger partial charge >= 0.3 is 0 Å².